The monoisotopic (exact) mass is 348 g/mol. The predicted molar refractivity (Wildman–Crippen MR) is 88.7 cm³/mol. The SMILES string of the molecule is Cc1cccc(C)c1C=Cc1cccc(I)c1C. The summed E-state index contributed by atoms with van der Waals surface area (Å²) in [6.45, 7) is 6.49. The molecule has 0 saturated heterocycles. The minimum absolute atomic E-state index is 1.30. The maximum atomic E-state index is 2.38. The van der Waals surface area contributed by atoms with Gasteiger partial charge in [0.25, 0.3) is 0 Å². The van der Waals surface area contributed by atoms with Crippen molar-refractivity contribution in [3.05, 3.63) is 67.8 Å². The Morgan fingerprint density at radius 1 is 0.833 bits per heavy atom. The van der Waals surface area contributed by atoms with E-state index in [1.165, 1.54) is 31.4 Å². The number of halogens is 1. The van der Waals surface area contributed by atoms with E-state index in [0.29, 0.717) is 0 Å². The van der Waals surface area contributed by atoms with E-state index < -0.39 is 0 Å². The van der Waals surface area contributed by atoms with Crippen molar-refractivity contribution in [2.75, 3.05) is 0 Å². The van der Waals surface area contributed by atoms with Gasteiger partial charge >= 0.3 is 0 Å². The Bertz CT molecular complexity index is 574. The highest BCUT2D eigenvalue weighted by Crippen LogP contribution is 2.20. The zero-order chi connectivity index (χ0) is 13.1. The topological polar surface area (TPSA) is 0 Å². The van der Waals surface area contributed by atoms with Gasteiger partial charge in [-0.15, -0.1) is 0 Å². The molecule has 0 aliphatic rings. The number of rotatable bonds is 2. The first-order valence-electron chi connectivity index (χ1n) is 6.09. The van der Waals surface area contributed by atoms with E-state index in [-0.39, 0.29) is 0 Å². The van der Waals surface area contributed by atoms with E-state index in [1.807, 2.05) is 0 Å². The maximum Gasteiger partial charge on any atom is 0.0165 e. The zero-order valence-electron chi connectivity index (χ0n) is 11.0. The fraction of sp³-hybridized carbons (Fsp3) is 0.176. The van der Waals surface area contributed by atoms with Gasteiger partial charge in [0.1, 0.15) is 0 Å². The van der Waals surface area contributed by atoms with Crippen molar-refractivity contribution >= 4 is 34.7 Å². The quantitative estimate of drug-likeness (QED) is 0.504. The Morgan fingerprint density at radius 2 is 1.44 bits per heavy atom. The summed E-state index contributed by atoms with van der Waals surface area (Å²) in [4.78, 5) is 0. The second-order valence-electron chi connectivity index (χ2n) is 4.59. The van der Waals surface area contributed by atoms with Crippen molar-refractivity contribution in [1.82, 2.24) is 0 Å². The lowest BCUT2D eigenvalue weighted by Gasteiger charge is -2.06. The molecule has 0 fully saturated rings. The van der Waals surface area contributed by atoms with Crippen molar-refractivity contribution in [3.63, 3.8) is 0 Å². The first-order valence-corrected chi connectivity index (χ1v) is 7.17. The standard InChI is InChI=1S/C17H17I/c1-12-6-4-7-13(2)16(12)11-10-15-8-5-9-17(18)14(15)3/h4-11H,1-3H3. The predicted octanol–water partition coefficient (Wildman–Crippen LogP) is 5.39. The molecule has 0 aliphatic carbocycles. The van der Waals surface area contributed by atoms with Crippen LogP contribution >= 0.6 is 22.6 Å². The number of hydrogen-bond donors (Lipinski definition) is 0. The van der Waals surface area contributed by atoms with Gasteiger partial charge in [-0.05, 0) is 77.2 Å². The van der Waals surface area contributed by atoms with Crippen LogP contribution in [0.25, 0.3) is 12.2 Å². The number of aryl methyl sites for hydroxylation is 2. The van der Waals surface area contributed by atoms with Gasteiger partial charge in [-0.2, -0.15) is 0 Å². The molecule has 0 aromatic heterocycles. The van der Waals surface area contributed by atoms with Gasteiger partial charge in [0.15, 0.2) is 0 Å². The maximum absolute atomic E-state index is 2.38. The summed E-state index contributed by atoms with van der Waals surface area (Å²) >= 11 is 2.38. The van der Waals surface area contributed by atoms with Crippen molar-refractivity contribution in [2.24, 2.45) is 0 Å². The summed E-state index contributed by atoms with van der Waals surface area (Å²) in [5.74, 6) is 0. The molecule has 0 amide bonds. The van der Waals surface area contributed by atoms with E-state index >= 15 is 0 Å². The summed E-state index contributed by atoms with van der Waals surface area (Å²) in [5, 5.41) is 0. The Morgan fingerprint density at radius 3 is 2.11 bits per heavy atom. The molecule has 0 heterocycles. The van der Waals surface area contributed by atoms with Gasteiger partial charge < -0.3 is 0 Å². The van der Waals surface area contributed by atoms with Gasteiger partial charge in [0.2, 0.25) is 0 Å². The lowest BCUT2D eigenvalue weighted by molar-refractivity contribution is 1.36. The van der Waals surface area contributed by atoms with Crippen LogP contribution in [0.15, 0.2) is 36.4 Å². The molecule has 0 radical (unpaired) electrons. The summed E-state index contributed by atoms with van der Waals surface area (Å²) in [6, 6.07) is 12.9. The highest BCUT2D eigenvalue weighted by atomic mass is 127. The van der Waals surface area contributed by atoms with Crippen LogP contribution in [0.3, 0.4) is 0 Å². The van der Waals surface area contributed by atoms with Crippen LogP contribution in [-0.2, 0) is 0 Å². The van der Waals surface area contributed by atoms with Gasteiger partial charge in [-0.25, -0.2) is 0 Å². The summed E-state index contributed by atoms with van der Waals surface area (Å²) in [6.07, 6.45) is 4.44. The molecule has 0 atom stereocenters. The van der Waals surface area contributed by atoms with Gasteiger partial charge in [0, 0.05) is 3.57 Å². The van der Waals surface area contributed by atoms with Crippen LogP contribution in [0.2, 0.25) is 0 Å². The van der Waals surface area contributed by atoms with Crippen molar-refractivity contribution in [2.45, 2.75) is 20.8 Å². The smallest absolute Gasteiger partial charge is 0.0165 e. The fourth-order valence-corrected chi connectivity index (χ4v) is 2.59. The summed E-state index contributed by atoms with van der Waals surface area (Å²) in [5.41, 5.74) is 6.63. The van der Waals surface area contributed by atoms with Crippen molar-refractivity contribution < 1.29 is 0 Å². The van der Waals surface area contributed by atoms with E-state index in [1.54, 1.807) is 0 Å². The van der Waals surface area contributed by atoms with Crippen LogP contribution in [-0.4, -0.2) is 0 Å². The van der Waals surface area contributed by atoms with Crippen LogP contribution in [0.4, 0.5) is 0 Å². The molecule has 0 N–H and O–H groups in total. The molecule has 0 saturated carbocycles. The Balaban J connectivity index is 2.39. The number of benzene rings is 2. The third-order valence-electron chi connectivity index (χ3n) is 3.28. The highest BCUT2D eigenvalue weighted by Gasteiger charge is 2.00. The molecule has 1 heteroatoms. The molecule has 0 spiro atoms. The molecule has 2 rings (SSSR count). The molecule has 0 aliphatic heterocycles. The molecule has 18 heavy (non-hydrogen) atoms. The molecule has 2 aromatic carbocycles. The third kappa shape index (κ3) is 2.83. The molecule has 0 bridgehead atoms. The molecule has 2 aromatic rings. The number of hydrogen-bond acceptors (Lipinski definition) is 0. The lowest BCUT2D eigenvalue weighted by Crippen LogP contribution is -1.87. The van der Waals surface area contributed by atoms with Crippen LogP contribution in [0.1, 0.15) is 27.8 Å². The molecule has 92 valence electrons. The molecule has 0 nitrogen and oxygen atoms in total. The minimum Gasteiger partial charge on any atom is -0.0617 e. The normalized spacial score (nSPS) is 11.1. The molecular formula is C17H17I. The lowest BCUT2D eigenvalue weighted by atomic mass is 10.0. The van der Waals surface area contributed by atoms with E-state index in [4.69, 9.17) is 0 Å². The van der Waals surface area contributed by atoms with E-state index in [0.717, 1.165) is 0 Å². The van der Waals surface area contributed by atoms with E-state index in [9.17, 15) is 0 Å². The average molecular weight is 348 g/mol. The Labute approximate surface area is 123 Å². The Hall–Kier alpha value is -1.09. The second-order valence-corrected chi connectivity index (χ2v) is 5.76. The third-order valence-corrected chi connectivity index (χ3v) is 4.45. The van der Waals surface area contributed by atoms with Gasteiger partial charge in [-0.3, -0.25) is 0 Å². The zero-order valence-corrected chi connectivity index (χ0v) is 13.2. The summed E-state index contributed by atoms with van der Waals surface area (Å²) < 4.78 is 1.32. The van der Waals surface area contributed by atoms with E-state index in [2.05, 4.69) is 91.9 Å². The largest absolute Gasteiger partial charge is 0.0617 e. The fourth-order valence-electron chi connectivity index (χ4n) is 2.07. The van der Waals surface area contributed by atoms with Crippen molar-refractivity contribution in [3.8, 4) is 0 Å². The summed E-state index contributed by atoms with van der Waals surface area (Å²) in [7, 11) is 0. The first-order chi connectivity index (χ1) is 8.59. The first kappa shape index (κ1) is 13.3. The highest BCUT2D eigenvalue weighted by molar-refractivity contribution is 14.1. The van der Waals surface area contributed by atoms with Crippen LogP contribution < -0.4 is 0 Å². The van der Waals surface area contributed by atoms with Gasteiger partial charge in [0.05, 0.1) is 0 Å². The average Bonchev–Trinajstić information content (AvgIpc) is 2.33. The minimum atomic E-state index is 1.30. The second kappa shape index (κ2) is 5.70. The van der Waals surface area contributed by atoms with Crippen molar-refractivity contribution in [1.29, 1.82) is 0 Å². The molecule has 0 unspecified atom stereocenters. The van der Waals surface area contributed by atoms with Gasteiger partial charge in [-0.1, -0.05) is 42.5 Å². The van der Waals surface area contributed by atoms with Crippen LogP contribution in [0, 0.1) is 24.3 Å². The Kier molecular flexibility index (Phi) is 4.23. The molecular weight excluding hydrogens is 331 g/mol. The van der Waals surface area contributed by atoms with Crippen LogP contribution in [0.5, 0.6) is 0 Å².